The average Bonchev–Trinajstić information content (AvgIpc) is 2.89. The summed E-state index contributed by atoms with van der Waals surface area (Å²) in [4.78, 5) is 7.65. The first kappa shape index (κ1) is 23.5. The number of nitrogens with zero attached hydrogens (tertiary/aromatic N) is 3. The molecule has 0 N–H and O–H groups in total. The number of hydrogen-bond donors (Lipinski definition) is 0. The molecule has 2 aromatic rings. The summed E-state index contributed by atoms with van der Waals surface area (Å²) >= 11 is 0. The van der Waals surface area contributed by atoms with Crippen molar-refractivity contribution in [1.29, 1.82) is 0 Å². The summed E-state index contributed by atoms with van der Waals surface area (Å²) in [6.45, 7) is 7.34. The third-order valence-electron chi connectivity index (χ3n) is 6.99. The summed E-state index contributed by atoms with van der Waals surface area (Å²) in [6, 6.07) is 13.0. The Hall–Kier alpha value is -2.64. The topological polar surface area (TPSA) is 46.6 Å². The van der Waals surface area contributed by atoms with Gasteiger partial charge in [0.1, 0.15) is 11.5 Å². The molecule has 0 unspecified atom stereocenters. The zero-order chi connectivity index (χ0) is 23.2. The highest BCUT2D eigenvalue weighted by molar-refractivity contribution is 5.58. The summed E-state index contributed by atoms with van der Waals surface area (Å²) < 4.78 is 22.1. The van der Waals surface area contributed by atoms with E-state index >= 15 is 0 Å². The van der Waals surface area contributed by atoms with Gasteiger partial charge in [-0.1, -0.05) is 12.1 Å². The van der Waals surface area contributed by atoms with Crippen LogP contribution in [0.15, 0.2) is 36.4 Å². The molecule has 7 heteroatoms. The van der Waals surface area contributed by atoms with E-state index in [0.717, 1.165) is 68.6 Å². The molecular formula is C26H37N3O4. The van der Waals surface area contributed by atoms with E-state index < -0.39 is 0 Å². The average molecular weight is 456 g/mol. The van der Waals surface area contributed by atoms with Crippen molar-refractivity contribution in [3.63, 3.8) is 0 Å². The summed E-state index contributed by atoms with van der Waals surface area (Å²) in [5.74, 6) is 3.26. The molecule has 2 aliphatic rings. The van der Waals surface area contributed by atoms with Crippen LogP contribution in [0.2, 0.25) is 0 Å². The molecule has 0 amide bonds. The van der Waals surface area contributed by atoms with E-state index in [4.69, 9.17) is 18.9 Å². The van der Waals surface area contributed by atoms with Gasteiger partial charge in [0, 0.05) is 50.4 Å². The first-order valence-electron chi connectivity index (χ1n) is 11.8. The van der Waals surface area contributed by atoms with Crippen molar-refractivity contribution in [3.05, 3.63) is 42.0 Å². The number of rotatable bonds is 8. The fourth-order valence-electron chi connectivity index (χ4n) is 5.12. The van der Waals surface area contributed by atoms with Crippen molar-refractivity contribution < 1.29 is 18.9 Å². The monoisotopic (exact) mass is 455 g/mol. The van der Waals surface area contributed by atoms with Crippen LogP contribution in [-0.4, -0.2) is 83.5 Å². The molecule has 7 nitrogen and oxygen atoms in total. The van der Waals surface area contributed by atoms with Crippen LogP contribution in [-0.2, 0) is 6.54 Å². The lowest BCUT2D eigenvalue weighted by Gasteiger charge is -2.43. The van der Waals surface area contributed by atoms with Crippen LogP contribution in [0.1, 0.15) is 18.4 Å². The van der Waals surface area contributed by atoms with Crippen LogP contribution in [0.5, 0.6) is 23.0 Å². The van der Waals surface area contributed by atoms with Crippen LogP contribution < -0.4 is 23.8 Å². The molecule has 0 aliphatic carbocycles. The van der Waals surface area contributed by atoms with Gasteiger partial charge in [-0.3, -0.25) is 9.80 Å². The van der Waals surface area contributed by atoms with Crippen molar-refractivity contribution in [2.24, 2.45) is 0 Å². The zero-order valence-electron chi connectivity index (χ0n) is 20.4. The van der Waals surface area contributed by atoms with E-state index in [9.17, 15) is 0 Å². The Morgan fingerprint density at radius 3 is 1.94 bits per heavy atom. The first-order valence-corrected chi connectivity index (χ1v) is 11.8. The molecule has 0 saturated carbocycles. The molecule has 2 saturated heterocycles. The van der Waals surface area contributed by atoms with E-state index in [-0.39, 0.29) is 0 Å². The van der Waals surface area contributed by atoms with Gasteiger partial charge in [0.05, 0.1) is 34.1 Å². The lowest BCUT2D eigenvalue weighted by Crippen LogP contribution is -2.53. The summed E-state index contributed by atoms with van der Waals surface area (Å²) in [5.41, 5.74) is 2.34. The fraction of sp³-hybridized carbons (Fsp3) is 0.538. The highest BCUT2D eigenvalue weighted by atomic mass is 16.5. The predicted octanol–water partition coefficient (Wildman–Crippen LogP) is 3.51. The highest BCUT2D eigenvalue weighted by Gasteiger charge is 2.28. The maximum atomic E-state index is 5.62. The molecule has 0 spiro atoms. The Kier molecular flexibility index (Phi) is 7.83. The van der Waals surface area contributed by atoms with Crippen LogP contribution >= 0.6 is 0 Å². The number of benzene rings is 2. The van der Waals surface area contributed by atoms with E-state index in [1.54, 1.807) is 28.4 Å². The molecule has 0 radical (unpaired) electrons. The Balaban J connectivity index is 1.30. The fourth-order valence-corrected chi connectivity index (χ4v) is 5.12. The third-order valence-corrected chi connectivity index (χ3v) is 6.99. The number of para-hydroxylation sites is 2. The van der Waals surface area contributed by atoms with Gasteiger partial charge in [0.15, 0.2) is 11.5 Å². The Morgan fingerprint density at radius 2 is 1.30 bits per heavy atom. The van der Waals surface area contributed by atoms with Gasteiger partial charge in [-0.05, 0) is 44.1 Å². The lowest BCUT2D eigenvalue weighted by molar-refractivity contribution is 0.0993. The van der Waals surface area contributed by atoms with Crippen molar-refractivity contribution in [2.75, 3.05) is 72.6 Å². The molecule has 180 valence electrons. The van der Waals surface area contributed by atoms with Gasteiger partial charge in [-0.25, -0.2) is 0 Å². The van der Waals surface area contributed by atoms with Gasteiger partial charge in [-0.2, -0.15) is 0 Å². The summed E-state index contributed by atoms with van der Waals surface area (Å²) in [6.07, 6.45) is 2.40. The maximum absolute atomic E-state index is 5.62. The largest absolute Gasteiger partial charge is 0.496 e. The molecule has 2 aromatic carbocycles. The van der Waals surface area contributed by atoms with Gasteiger partial charge in [0.25, 0.3) is 0 Å². The highest BCUT2D eigenvalue weighted by Crippen LogP contribution is 2.36. The second kappa shape index (κ2) is 11.0. The third kappa shape index (κ3) is 5.31. The molecule has 2 heterocycles. The molecule has 4 rings (SSSR count). The minimum Gasteiger partial charge on any atom is -0.496 e. The normalized spacial score (nSPS) is 18.2. The molecule has 2 fully saturated rings. The molecule has 0 aromatic heterocycles. The second-order valence-electron chi connectivity index (χ2n) is 8.72. The molecular weight excluding hydrogens is 418 g/mol. The van der Waals surface area contributed by atoms with Gasteiger partial charge in [0.2, 0.25) is 0 Å². The zero-order valence-corrected chi connectivity index (χ0v) is 20.4. The molecule has 33 heavy (non-hydrogen) atoms. The number of methoxy groups -OCH3 is 4. The number of anilines is 1. The van der Waals surface area contributed by atoms with Crippen molar-refractivity contribution in [1.82, 2.24) is 9.80 Å². The predicted molar refractivity (Wildman–Crippen MR) is 131 cm³/mol. The number of likely N-dealkylation sites (tertiary alicyclic amines) is 1. The molecule has 0 bridgehead atoms. The van der Waals surface area contributed by atoms with Crippen LogP contribution in [0.3, 0.4) is 0 Å². The number of ether oxygens (including phenoxy) is 4. The minimum absolute atomic E-state index is 0.661. The Bertz CT molecular complexity index is 906. The number of piperidine rings is 1. The molecule has 0 atom stereocenters. The van der Waals surface area contributed by atoms with Crippen LogP contribution in [0.4, 0.5) is 5.69 Å². The number of hydrogen-bond acceptors (Lipinski definition) is 7. The second-order valence-corrected chi connectivity index (χ2v) is 8.72. The Morgan fingerprint density at radius 1 is 0.697 bits per heavy atom. The Labute approximate surface area is 197 Å². The van der Waals surface area contributed by atoms with Gasteiger partial charge in [-0.15, -0.1) is 0 Å². The van der Waals surface area contributed by atoms with Crippen molar-refractivity contribution in [2.45, 2.75) is 25.4 Å². The van der Waals surface area contributed by atoms with Gasteiger partial charge >= 0.3 is 0 Å². The van der Waals surface area contributed by atoms with E-state index in [2.05, 4.69) is 26.8 Å². The van der Waals surface area contributed by atoms with Crippen LogP contribution in [0, 0.1) is 0 Å². The van der Waals surface area contributed by atoms with E-state index in [1.165, 1.54) is 18.5 Å². The van der Waals surface area contributed by atoms with E-state index in [1.807, 2.05) is 24.3 Å². The summed E-state index contributed by atoms with van der Waals surface area (Å²) in [7, 11) is 6.78. The molecule has 2 aliphatic heterocycles. The SMILES string of the molecule is COc1cc(OC)c(OC)cc1CN1CCC(N2CCN(c3ccccc3OC)CC2)CC1. The van der Waals surface area contributed by atoms with E-state index in [0.29, 0.717) is 11.8 Å². The van der Waals surface area contributed by atoms with Gasteiger partial charge < -0.3 is 23.8 Å². The van der Waals surface area contributed by atoms with Crippen molar-refractivity contribution in [3.8, 4) is 23.0 Å². The van der Waals surface area contributed by atoms with Crippen LogP contribution in [0.25, 0.3) is 0 Å². The smallest absolute Gasteiger partial charge is 0.164 e. The first-order chi connectivity index (χ1) is 16.2. The number of piperazine rings is 1. The quantitative estimate of drug-likeness (QED) is 0.604. The lowest BCUT2D eigenvalue weighted by atomic mass is 10.0. The maximum Gasteiger partial charge on any atom is 0.164 e. The summed E-state index contributed by atoms with van der Waals surface area (Å²) in [5, 5.41) is 0. The minimum atomic E-state index is 0.661. The van der Waals surface area contributed by atoms with Crippen molar-refractivity contribution >= 4 is 5.69 Å². The standard InChI is InChI=1S/C26H37N3O4/c1-30-23-8-6-5-7-22(23)29-15-13-28(14-16-29)21-9-11-27(12-10-21)19-20-17-25(32-3)26(33-4)18-24(20)31-2/h5-8,17-18,21H,9-16,19H2,1-4H3.